The predicted octanol–water partition coefficient (Wildman–Crippen LogP) is 0.669. The summed E-state index contributed by atoms with van der Waals surface area (Å²) < 4.78 is 0. The number of H-pyrrole nitrogens is 1. The molecule has 0 aliphatic heterocycles. The molecular formula is C6H9N3O2. The van der Waals surface area contributed by atoms with Gasteiger partial charge in [0.1, 0.15) is 0 Å². The van der Waals surface area contributed by atoms with Crippen molar-refractivity contribution in [3.63, 3.8) is 0 Å². The maximum Gasteiger partial charge on any atom is 0.328 e. The van der Waals surface area contributed by atoms with E-state index in [0.29, 0.717) is 5.69 Å². The first-order valence-electron chi connectivity index (χ1n) is 2.69. The number of carboxylic acid groups (broad SMARTS) is 1. The van der Waals surface area contributed by atoms with E-state index < -0.39 is 5.97 Å². The highest BCUT2D eigenvalue weighted by Gasteiger charge is 1.88. The number of aliphatic carboxylic acids is 1. The Hall–Kier alpha value is -1.62. The molecule has 1 aromatic heterocycles. The standard InChI is InChI=1S/C6H6N2O2.H3N/c9-6(10)2-1-5-3-7-4-8-5;/h1-4H,(H,7,8)(H,9,10);1H3. The average Bonchev–Trinajstić information content (AvgIpc) is 2.34. The summed E-state index contributed by atoms with van der Waals surface area (Å²) in [5, 5.41) is 8.19. The molecule has 11 heavy (non-hydrogen) atoms. The highest BCUT2D eigenvalue weighted by atomic mass is 16.4. The Morgan fingerprint density at radius 3 is 2.91 bits per heavy atom. The number of aromatic nitrogens is 2. The third kappa shape index (κ3) is 3.17. The van der Waals surface area contributed by atoms with E-state index in [1.165, 1.54) is 12.4 Å². The number of hydrogen-bond acceptors (Lipinski definition) is 3. The van der Waals surface area contributed by atoms with Crippen molar-refractivity contribution in [2.24, 2.45) is 0 Å². The van der Waals surface area contributed by atoms with Crippen LogP contribution in [0.4, 0.5) is 0 Å². The molecule has 0 unspecified atom stereocenters. The van der Waals surface area contributed by atoms with Crippen LogP contribution in [0.2, 0.25) is 0 Å². The molecule has 0 bridgehead atoms. The van der Waals surface area contributed by atoms with Gasteiger partial charge in [-0.2, -0.15) is 0 Å². The van der Waals surface area contributed by atoms with Gasteiger partial charge in [-0.25, -0.2) is 9.78 Å². The minimum absolute atomic E-state index is 0. The molecule has 1 heterocycles. The Labute approximate surface area is 63.4 Å². The van der Waals surface area contributed by atoms with Gasteiger partial charge in [0.25, 0.3) is 0 Å². The van der Waals surface area contributed by atoms with Crippen molar-refractivity contribution in [3.05, 3.63) is 24.3 Å². The molecule has 1 aromatic rings. The van der Waals surface area contributed by atoms with Crippen molar-refractivity contribution in [1.82, 2.24) is 16.1 Å². The normalized spacial score (nSPS) is 9.45. The predicted molar refractivity (Wildman–Crippen MR) is 40.3 cm³/mol. The van der Waals surface area contributed by atoms with Crippen LogP contribution < -0.4 is 6.15 Å². The molecule has 0 saturated carbocycles. The van der Waals surface area contributed by atoms with Crippen LogP contribution in [0.1, 0.15) is 5.69 Å². The minimum Gasteiger partial charge on any atom is -0.478 e. The topological polar surface area (TPSA) is 101 Å². The van der Waals surface area contributed by atoms with Gasteiger partial charge in [-0.05, 0) is 6.08 Å². The Balaban J connectivity index is 0.000001000. The van der Waals surface area contributed by atoms with Crippen molar-refractivity contribution in [1.29, 1.82) is 0 Å². The quantitative estimate of drug-likeness (QED) is 0.546. The molecule has 1 rings (SSSR count). The van der Waals surface area contributed by atoms with E-state index in [1.807, 2.05) is 0 Å². The highest BCUT2D eigenvalue weighted by Crippen LogP contribution is 1.92. The van der Waals surface area contributed by atoms with Crippen molar-refractivity contribution in [2.75, 3.05) is 0 Å². The zero-order valence-electron chi connectivity index (χ0n) is 5.82. The summed E-state index contributed by atoms with van der Waals surface area (Å²) in [6.45, 7) is 0. The van der Waals surface area contributed by atoms with Crippen molar-refractivity contribution in [2.45, 2.75) is 0 Å². The number of hydrogen-bond donors (Lipinski definition) is 3. The summed E-state index contributed by atoms with van der Waals surface area (Å²) in [5.74, 6) is -0.969. The van der Waals surface area contributed by atoms with E-state index in [0.717, 1.165) is 6.08 Å². The number of carboxylic acids is 1. The maximum atomic E-state index is 9.97. The number of rotatable bonds is 2. The Morgan fingerprint density at radius 1 is 1.73 bits per heavy atom. The fourth-order valence-electron chi connectivity index (χ4n) is 0.520. The van der Waals surface area contributed by atoms with Crippen LogP contribution >= 0.6 is 0 Å². The highest BCUT2D eigenvalue weighted by molar-refractivity contribution is 5.84. The Kier molecular flexibility index (Phi) is 3.61. The van der Waals surface area contributed by atoms with Gasteiger partial charge in [0.2, 0.25) is 0 Å². The molecule has 0 radical (unpaired) electrons. The molecular weight excluding hydrogens is 146 g/mol. The lowest BCUT2D eigenvalue weighted by atomic mass is 10.4. The third-order valence-corrected chi connectivity index (χ3v) is 0.916. The third-order valence-electron chi connectivity index (χ3n) is 0.916. The SMILES string of the molecule is N.O=C(O)C=Cc1c[nH]cn1. The molecule has 5 heteroatoms. The van der Waals surface area contributed by atoms with Crippen LogP contribution in [0.15, 0.2) is 18.6 Å². The lowest BCUT2D eigenvalue weighted by Crippen LogP contribution is -1.85. The summed E-state index contributed by atoms with van der Waals surface area (Å²) in [6, 6.07) is 0. The first-order valence-corrected chi connectivity index (χ1v) is 2.69. The lowest BCUT2D eigenvalue weighted by molar-refractivity contribution is -0.131. The summed E-state index contributed by atoms with van der Waals surface area (Å²) >= 11 is 0. The van der Waals surface area contributed by atoms with Gasteiger partial charge in [-0.3, -0.25) is 0 Å². The molecule has 5 nitrogen and oxygen atoms in total. The second-order valence-corrected chi connectivity index (χ2v) is 1.67. The number of nitrogens with one attached hydrogen (secondary N) is 1. The summed E-state index contributed by atoms with van der Waals surface area (Å²) in [5.41, 5.74) is 0.613. The first kappa shape index (κ1) is 9.38. The maximum absolute atomic E-state index is 9.97. The molecule has 0 aromatic carbocycles. The molecule has 0 aliphatic carbocycles. The van der Waals surface area contributed by atoms with Crippen LogP contribution in [0.5, 0.6) is 0 Å². The molecule has 0 atom stereocenters. The van der Waals surface area contributed by atoms with E-state index in [9.17, 15) is 4.79 Å². The fourth-order valence-corrected chi connectivity index (χ4v) is 0.520. The number of carbonyl (C=O) groups is 1. The Bertz CT molecular complexity index is 240. The van der Waals surface area contributed by atoms with Gasteiger partial charge >= 0.3 is 5.97 Å². The molecule has 5 N–H and O–H groups in total. The molecule has 0 saturated heterocycles. The molecule has 0 fully saturated rings. The van der Waals surface area contributed by atoms with E-state index in [1.54, 1.807) is 6.20 Å². The van der Waals surface area contributed by atoms with E-state index in [4.69, 9.17) is 5.11 Å². The largest absolute Gasteiger partial charge is 0.478 e. The summed E-state index contributed by atoms with van der Waals surface area (Å²) in [4.78, 5) is 16.5. The van der Waals surface area contributed by atoms with Gasteiger partial charge in [0.15, 0.2) is 0 Å². The van der Waals surface area contributed by atoms with Crippen molar-refractivity contribution >= 4 is 12.0 Å². The molecule has 0 amide bonds. The second-order valence-electron chi connectivity index (χ2n) is 1.67. The van der Waals surface area contributed by atoms with Gasteiger partial charge in [0.05, 0.1) is 12.0 Å². The summed E-state index contributed by atoms with van der Waals surface area (Å²) in [7, 11) is 0. The van der Waals surface area contributed by atoms with E-state index >= 15 is 0 Å². The van der Waals surface area contributed by atoms with Crippen molar-refractivity contribution < 1.29 is 9.90 Å². The first-order chi connectivity index (χ1) is 4.79. The van der Waals surface area contributed by atoms with Gasteiger partial charge < -0.3 is 16.2 Å². The van der Waals surface area contributed by atoms with Crippen LogP contribution in [-0.2, 0) is 4.79 Å². The van der Waals surface area contributed by atoms with Crippen LogP contribution in [0.25, 0.3) is 6.08 Å². The smallest absolute Gasteiger partial charge is 0.328 e. The second kappa shape index (κ2) is 4.24. The molecule has 60 valence electrons. The van der Waals surface area contributed by atoms with Crippen molar-refractivity contribution in [3.8, 4) is 0 Å². The number of aromatic amines is 1. The summed E-state index contributed by atoms with van der Waals surface area (Å²) in [6.07, 6.45) is 5.55. The van der Waals surface area contributed by atoms with Crippen LogP contribution in [0, 0.1) is 0 Å². The monoisotopic (exact) mass is 155 g/mol. The Morgan fingerprint density at radius 2 is 2.45 bits per heavy atom. The van der Waals surface area contributed by atoms with Gasteiger partial charge in [-0.1, -0.05) is 0 Å². The number of nitrogens with zero attached hydrogens (tertiary/aromatic N) is 1. The van der Waals surface area contributed by atoms with Gasteiger partial charge in [-0.15, -0.1) is 0 Å². The van der Waals surface area contributed by atoms with Gasteiger partial charge in [0, 0.05) is 12.3 Å². The molecule has 0 spiro atoms. The zero-order valence-corrected chi connectivity index (χ0v) is 5.82. The lowest BCUT2D eigenvalue weighted by Gasteiger charge is -1.77. The average molecular weight is 155 g/mol. The van der Waals surface area contributed by atoms with Crippen LogP contribution in [-0.4, -0.2) is 21.0 Å². The number of imidazole rings is 1. The van der Waals surface area contributed by atoms with Crippen LogP contribution in [0.3, 0.4) is 0 Å². The fraction of sp³-hybridized carbons (Fsp3) is 0. The minimum atomic E-state index is -0.969. The zero-order chi connectivity index (χ0) is 7.40. The van der Waals surface area contributed by atoms with E-state index in [2.05, 4.69) is 9.97 Å². The van der Waals surface area contributed by atoms with E-state index in [-0.39, 0.29) is 6.15 Å². The molecule has 0 aliphatic rings.